The van der Waals surface area contributed by atoms with E-state index in [-0.39, 0.29) is 0 Å². The minimum atomic E-state index is -0.819. The second kappa shape index (κ2) is 5.39. The molecule has 2 atom stereocenters. The molecule has 1 aromatic heterocycles. The Morgan fingerprint density at radius 3 is 2.72 bits per heavy atom. The average Bonchev–Trinajstić information content (AvgIpc) is 2.83. The summed E-state index contributed by atoms with van der Waals surface area (Å²) in [6, 6.07) is 0. The van der Waals surface area contributed by atoms with E-state index in [1.54, 1.807) is 0 Å². The van der Waals surface area contributed by atoms with E-state index < -0.39 is 5.97 Å². The van der Waals surface area contributed by atoms with E-state index in [2.05, 4.69) is 25.8 Å². The van der Waals surface area contributed by atoms with E-state index in [4.69, 9.17) is 0 Å². The zero-order valence-corrected chi connectivity index (χ0v) is 12.1. The molecule has 4 heteroatoms. The lowest BCUT2D eigenvalue weighted by molar-refractivity contribution is 0.0700. The van der Waals surface area contributed by atoms with Crippen LogP contribution in [0.15, 0.2) is 0 Å². The number of rotatable bonds is 4. The fourth-order valence-electron chi connectivity index (χ4n) is 2.67. The second-order valence-electron chi connectivity index (χ2n) is 5.85. The highest BCUT2D eigenvalue weighted by Crippen LogP contribution is 2.40. The van der Waals surface area contributed by atoms with Crippen LogP contribution in [0.25, 0.3) is 0 Å². The Labute approximate surface area is 112 Å². The Balaban J connectivity index is 2.24. The van der Waals surface area contributed by atoms with Gasteiger partial charge >= 0.3 is 5.97 Å². The van der Waals surface area contributed by atoms with E-state index in [0.29, 0.717) is 16.7 Å². The van der Waals surface area contributed by atoms with Gasteiger partial charge in [0, 0.05) is 5.92 Å². The van der Waals surface area contributed by atoms with Gasteiger partial charge in [0.1, 0.15) is 4.88 Å². The van der Waals surface area contributed by atoms with Crippen LogP contribution in [0, 0.1) is 11.8 Å². The van der Waals surface area contributed by atoms with Crippen molar-refractivity contribution in [3.8, 4) is 0 Å². The topological polar surface area (TPSA) is 50.2 Å². The molecule has 2 rings (SSSR count). The first-order chi connectivity index (χ1) is 8.47. The summed E-state index contributed by atoms with van der Waals surface area (Å²) >= 11 is 1.40. The normalized spacial score (nSPS) is 23.8. The lowest BCUT2D eigenvalue weighted by atomic mass is 10.1. The maximum atomic E-state index is 11.3. The van der Waals surface area contributed by atoms with E-state index in [1.807, 2.05) is 0 Å². The Kier molecular flexibility index (Phi) is 4.05. The highest BCUT2D eigenvalue weighted by Gasteiger charge is 2.28. The molecule has 1 aromatic rings. The average molecular weight is 267 g/mol. The van der Waals surface area contributed by atoms with E-state index >= 15 is 0 Å². The van der Waals surface area contributed by atoms with Crippen LogP contribution in [-0.2, 0) is 6.42 Å². The van der Waals surface area contributed by atoms with Gasteiger partial charge in [0.05, 0.1) is 10.7 Å². The quantitative estimate of drug-likeness (QED) is 0.898. The molecular weight excluding hydrogens is 246 g/mol. The van der Waals surface area contributed by atoms with Gasteiger partial charge < -0.3 is 5.11 Å². The highest BCUT2D eigenvalue weighted by molar-refractivity contribution is 7.13. The Bertz CT molecular complexity index is 439. The first-order valence-electron chi connectivity index (χ1n) is 6.70. The summed E-state index contributed by atoms with van der Waals surface area (Å²) in [7, 11) is 0. The summed E-state index contributed by atoms with van der Waals surface area (Å²) in [6.07, 6.45) is 4.33. The number of carbonyl (C=O) groups is 1. The molecule has 1 aliphatic rings. The van der Waals surface area contributed by atoms with Gasteiger partial charge in [-0.15, -0.1) is 11.3 Å². The van der Waals surface area contributed by atoms with Gasteiger partial charge in [0.25, 0.3) is 0 Å². The number of aromatic nitrogens is 1. The van der Waals surface area contributed by atoms with Crippen molar-refractivity contribution in [3.05, 3.63) is 15.6 Å². The van der Waals surface area contributed by atoms with Crippen molar-refractivity contribution < 1.29 is 9.90 Å². The number of carboxylic acids is 1. The van der Waals surface area contributed by atoms with Gasteiger partial charge in [-0.05, 0) is 31.1 Å². The molecule has 18 heavy (non-hydrogen) atoms. The number of hydrogen-bond donors (Lipinski definition) is 1. The predicted molar refractivity (Wildman–Crippen MR) is 73.4 cm³/mol. The van der Waals surface area contributed by atoms with Crippen molar-refractivity contribution in [2.75, 3.05) is 0 Å². The lowest BCUT2D eigenvalue weighted by Crippen LogP contribution is -2.02. The number of carboxylic acid groups (broad SMARTS) is 1. The minimum absolute atomic E-state index is 0.445. The predicted octanol–water partition coefficient (Wildman–Crippen LogP) is 3.94. The Morgan fingerprint density at radius 1 is 1.50 bits per heavy atom. The third-order valence-electron chi connectivity index (χ3n) is 3.55. The summed E-state index contributed by atoms with van der Waals surface area (Å²) in [6.45, 7) is 6.46. The molecule has 2 unspecified atom stereocenters. The molecule has 0 amide bonds. The first-order valence-corrected chi connectivity index (χ1v) is 7.52. The van der Waals surface area contributed by atoms with Gasteiger partial charge in [-0.2, -0.15) is 0 Å². The summed E-state index contributed by atoms with van der Waals surface area (Å²) in [5.41, 5.74) is 0.789. The largest absolute Gasteiger partial charge is 0.477 e. The van der Waals surface area contributed by atoms with Gasteiger partial charge in [-0.25, -0.2) is 9.78 Å². The van der Waals surface area contributed by atoms with Crippen molar-refractivity contribution in [1.82, 2.24) is 4.98 Å². The van der Waals surface area contributed by atoms with Gasteiger partial charge in [0.2, 0.25) is 0 Å². The van der Waals surface area contributed by atoms with Gasteiger partial charge in [-0.3, -0.25) is 0 Å². The lowest BCUT2D eigenvalue weighted by Gasteiger charge is -2.04. The fraction of sp³-hybridized carbons (Fsp3) is 0.714. The monoisotopic (exact) mass is 267 g/mol. The van der Waals surface area contributed by atoms with E-state index in [0.717, 1.165) is 35.9 Å². The molecule has 0 aromatic carbocycles. The maximum Gasteiger partial charge on any atom is 0.347 e. The first kappa shape index (κ1) is 13.5. The smallest absolute Gasteiger partial charge is 0.347 e. The molecule has 1 N–H and O–H groups in total. The summed E-state index contributed by atoms with van der Waals surface area (Å²) < 4.78 is 0. The Morgan fingerprint density at radius 2 is 2.22 bits per heavy atom. The zero-order valence-electron chi connectivity index (χ0n) is 11.3. The van der Waals surface area contributed by atoms with Crippen LogP contribution in [-0.4, -0.2) is 16.1 Å². The van der Waals surface area contributed by atoms with Crippen molar-refractivity contribution in [2.24, 2.45) is 11.8 Å². The van der Waals surface area contributed by atoms with Crippen molar-refractivity contribution in [3.63, 3.8) is 0 Å². The standard InChI is InChI=1S/C14H21NO2S/c1-8(2)6-11-12(14(16)17)18-13(15-11)10-5-4-9(3)7-10/h8-10H,4-7H2,1-3H3,(H,16,17). The second-order valence-corrected chi connectivity index (χ2v) is 6.88. The number of aromatic carboxylic acids is 1. The van der Waals surface area contributed by atoms with E-state index in [9.17, 15) is 9.90 Å². The van der Waals surface area contributed by atoms with Crippen molar-refractivity contribution in [2.45, 2.75) is 52.4 Å². The van der Waals surface area contributed by atoms with Crippen LogP contribution in [0.1, 0.15) is 66.3 Å². The molecule has 0 aliphatic heterocycles. The highest BCUT2D eigenvalue weighted by atomic mass is 32.1. The zero-order chi connectivity index (χ0) is 13.3. The van der Waals surface area contributed by atoms with Gasteiger partial charge in [-0.1, -0.05) is 27.2 Å². The fourth-order valence-corrected chi connectivity index (χ4v) is 3.75. The van der Waals surface area contributed by atoms with Crippen LogP contribution in [0.2, 0.25) is 0 Å². The molecule has 3 nitrogen and oxygen atoms in total. The van der Waals surface area contributed by atoms with Crippen LogP contribution in [0.5, 0.6) is 0 Å². The van der Waals surface area contributed by atoms with Crippen molar-refractivity contribution in [1.29, 1.82) is 0 Å². The molecule has 1 saturated carbocycles. The van der Waals surface area contributed by atoms with Crippen molar-refractivity contribution >= 4 is 17.3 Å². The van der Waals surface area contributed by atoms with Gasteiger partial charge in [0.15, 0.2) is 0 Å². The summed E-state index contributed by atoms with van der Waals surface area (Å²) in [4.78, 5) is 16.3. The van der Waals surface area contributed by atoms with Crippen LogP contribution < -0.4 is 0 Å². The Hall–Kier alpha value is -0.900. The molecule has 1 heterocycles. The third kappa shape index (κ3) is 2.91. The minimum Gasteiger partial charge on any atom is -0.477 e. The molecule has 1 aliphatic carbocycles. The molecule has 0 bridgehead atoms. The third-order valence-corrected chi connectivity index (χ3v) is 4.80. The molecule has 0 spiro atoms. The summed E-state index contributed by atoms with van der Waals surface area (Å²) in [5.74, 6) is 0.866. The number of thiazole rings is 1. The summed E-state index contributed by atoms with van der Waals surface area (Å²) in [5, 5.41) is 10.3. The molecule has 0 saturated heterocycles. The molecule has 100 valence electrons. The van der Waals surface area contributed by atoms with Crippen LogP contribution >= 0.6 is 11.3 Å². The van der Waals surface area contributed by atoms with Crippen LogP contribution in [0.3, 0.4) is 0 Å². The number of hydrogen-bond acceptors (Lipinski definition) is 3. The van der Waals surface area contributed by atoms with E-state index in [1.165, 1.54) is 17.8 Å². The van der Waals surface area contributed by atoms with Crippen LogP contribution in [0.4, 0.5) is 0 Å². The molecular formula is C14H21NO2S. The number of nitrogens with zero attached hydrogens (tertiary/aromatic N) is 1. The molecule has 0 radical (unpaired) electrons. The molecule has 1 fully saturated rings. The maximum absolute atomic E-state index is 11.3. The SMILES string of the molecule is CC(C)Cc1nc(C2CCC(C)C2)sc1C(=O)O.